The van der Waals surface area contributed by atoms with Crippen LogP contribution in [0.5, 0.6) is 0 Å². The van der Waals surface area contributed by atoms with Gasteiger partial charge in [0.05, 0.1) is 6.61 Å². The van der Waals surface area contributed by atoms with E-state index in [1.807, 2.05) is 36.2 Å². The van der Waals surface area contributed by atoms with Crippen molar-refractivity contribution in [3.63, 3.8) is 0 Å². The van der Waals surface area contributed by atoms with E-state index in [0.29, 0.717) is 0 Å². The summed E-state index contributed by atoms with van der Waals surface area (Å²) in [6.45, 7) is -0.00938. The molecule has 2 nitrogen and oxygen atoms in total. The molecule has 0 aliphatic heterocycles. The maximum absolute atomic E-state index is 13.2. The molecule has 0 aliphatic rings. The zero-order valence-electron chi connectivity index (χ0n) is 9.90. The molecule has 0 aromatic heterocycles. The molecular weight excluding hydrogens is 297 g/mol. The van der Waals surface area contributed by atoms with Crippen LogP contribution in [0.2, 0.25) is 0 Å². The molecule has 0 fully saturated rings. The van der Waals surface area contributed by atoms with Crippen molar-refractivity contribution in [2.75, 3.05) is 11.9 Å². The van der Waals surface area contributed by atoms with E-state index in [2.05, 4.69) is 15.9 Å². The Morgan fingerprint density at radius 1 is 1.17 bits per heavy atom. The molecule has 0 amide bonds. The highest BCUT2D eigenvalue weighted by molar-refractivity contribution is 9.10. The molecule has 4 heteroatoms. The zero-order chi connectivity index (χ0) is 13.1. The minimum atomic E-state index is -0.259. The Hall–Kier alpha value is -1.39. The van der Waals surface area contributed by atoms with Gasteiger partial charge in [-0.15, -0.1) is 0 Å². The molecule has 2 aromatic carbocycles. The topological polar surface area (TPSA) is 23.5 Å². The fourth-order valence-electron chi connectivity index (χ4n) is 1.71. The van der Waals surface area contributed by atoms with Crippen molar-refractivity contribution >= 4 is 27.3 Å². The standard InChI is InChI=1S/C14H13BrFNO/c1-17(12-4-2-3-11(16)7-12)13-6-5-10(9-18)14(15)8-13/h2-8,18H,9H2,1H3. The van der Waals surface area contributed by atoms with E-state index >= 15 is 0 Å². The van der Waals surface area contributed by atoms with Crippen LogP contribution < -0.4 is 4.90 Å². The van der Waals surface area contributed by atoms with Crippen LogP contribution in [-0.4, -0.2) is 12.2 Å². The molecule has 0 atom stereocenters. The fraction of sp³-hybridized carbons (Fsp3) is 0.143. The van der Waals surface area contributed by atoms with Crippen LogP contribution >= 0.6 is 15.9 Å². The molecule has 0 saturated carbocycles. The van der Waals surface area contributed by atoms with Crippen molar-refractivity contribution < 1.29 is 9.50 Å². The Morgan fingerprint density at radius 3 is 2.50 bits per heavy atom. The molecule has 1 N–H and O–H groups in total. The quantitative estimate of drug-likeness (QED) is 0.931. The molecule has 94 valence electrons. The highest BCUT2D eigenvalue weighted by Crippen LogP contribution is 2.28. The van der Waals surface area contributed by atoms with E-state index < -0.39 is 0 Å². The Labute approximate surface area is 114 Å². The number of rotatable bonds is 3. The molecule has 0 aliphatic carbocycles. The molecule has 0 spiro atoms. The van der Waals surface area contributed by atoms with Gasteiger partial charge in [0, 0.05) is 22.9 Å². The molecule has 2 rings (SSSR count). The average molecular weight is 310 g/mol. The van der Waals surface area contributed by atoms with Gasteiger partial charge in [0.25, 0.3) is 0 Å². The fourth-order valence-corrected chi connectivity index (χ4v) is 2.20. The summed E-state index contributed by atoms with van der Waals surface area (Å²) in [5.41, 5.74) is 2.52. The van der Waals surface area contributed by atoms with E-state index in [1.165, 1.54) is 12.1 Å². The predicted molar refractivity (Wildman–Crippen MR) is 74.5 cm³/mol. The normalized spacial score (nSPS) is 10.4. The van der Waals surface area contributed by atoms with Crippen molar-refractivity contribution in [3.05, 3.63) is 58.3 Å². The molecular formula is C14H13BrFNO. The summed E-state index contributed by atoms with van der Waals surface area (Å²) in [7, 11) is 1.87. The smallest absolute Gasteiger partial charge is 0.125 e. The predicted octanol–water partition coefficient (Wildman–Crippen LogP) is 3.85. The van der Waals surface area contributed by atoms with Gasteiger partial charge in [-0.05, 0) is 35.9 Å². The van der Waals surface area contributed by atoms with E-state index in [-0.39, 0.29) is 12.4 Å². The third-order valence-corrected chi connectivity index (χ3v) is 3.53. The van der Waals surface area contributed by atoms with Gasteiger partial charge in [-0.2, -0.15) is 0 Å². The molecule has 0 saturated heterocycles. The average Bonchev–Trinajstić information content (AvgIpc) is 2.37. The SMILES string of the molecule is CN(c1cccc(F)c1)c1ccc(CO)c(Br)c1. The van der Waals surface area contributed by atoms with Crippen LogP contribution in [0.15, 0.2) is 46.9 Å². The number of hydrogen-bond donors (Lipinski definition) is 1. The van der Waals surface area contributed by atoms with Crippen molar-refractivity contribution in [1.29, 1.82) is 0 Å². The van der Waals surface area contributed by atoms with Crippen LogP contribution in [0.1, 0.15) is 5.56 Å². The van der Waals surface area contributed by atoms with Gasteiger partial charge in [-0.3, -0.25) is 0 Å². The minimum absolute atomic E-state index is 0.00938. The van der Waals surface area contributed by atoms with Crippen LogP contribution in [0.25, 0.3) is 0 Å². The van der Waals surface area contributed by atoms with Crippen molar-refractivity contribution in [3.8, 4) is 0 Å². The van der Waals surface area contributed by atoms with Gasteiger partial charge in [0.15, 0.2) is 0 Å². The summed E-state index contributed by atoms with van der Waals surface area (Å²) in [6, 6.07) is 12.1. The van der Waals surface area contributed by atoms with Crippen LogP contribution in [-0.2, 0) is 6.61 Å². The van der Waals surface area contributed by atoms with Crippen molar-refractivity contribution in [1.82, 2.24) is 0 Å². The first kappa shape index (κ1) is 13.1. The molecule has 0 unspecified atom stereocenters. The number of anilines is 2. The maximum Gasteiger partial charge on any atom is 0.125 e. The molecule has 18 heavy (non-hydrogen) atoms. The minimum Gasteiger partial charge on any atom is -0.392 e. The second-order valence-electron chi connectivity index (χ2n) is 3.97. The van der Waals surface area contributed by atoms with Gasteiger partial charge in [0.2, 0.25) is 0 Å². The first-order valence-corrected chi connectivity index (χ1v) is 6.29. The molecule has 0 bridgehead atoms. The number of benzene rings is 2. The maximum atomic E-state index is 13.2. The van der Waals surface area contributed by atoms with Crippen LogP contribution in [0.4, 0.5) is 15.8 Å². The lowest BCUT2D eigenvalue weighted by Crippen LogP contribution is -2.09. The second kappa shape index (κ2) is 5.50. The summed E-state index contributed by atoms with van der Waals surface area (Å²) in [6.07, 6.45) is 0. The monoisotopic (exact) mass is 309 g/mol. The van der Waals surface area contributed by atoms with E-state index in [1.54, 1.807) is 6.07 Å². The lowest BCUT2D eigenvalue weighted by molar-refractivity contribution is 0.281. The van der Waals surface area contributed by atoms with Gasteiger partial charge in [0.1, 0.15) is 5.82 Å². The summed E-state index contributed by atoms with van der Waals surface area (Å²) < 4.78 is 14.0. The number of hydrogen-bond acceptors (Lipinski definition) is 2. The number of nitrogens with zero attached hydrogens (tertiary/aromatic N) is 1. The first-order chi connectivity index (χ1) is 8.61. The van der Waals surface area contributed by atoms with Crippen molar-refractivity contribution in [2.24, 2.45) is 0 Å². The van der Waals surface area contributed by atoms with Crippen LogP contribution in [0, 0.1) is 5.82 Å². The molecule has 2 aromatic rings. The van der Waals surface area contributed by atoms with Crippen molar-refractivity contribution in [2.45, 2.75) is 6.61 Å². The lowest BCUT2D eigenvalue weighted by atomic mass is 10.2. The number of halogens is 2. The lowest BCUT2D eigenvalue weighted by Gasteiger charge is -2.20. The largest absolute Gasteiger partial charge is 0.392 e. The highest BCUT2D eigenvalue weighted by Gasteiger charge is 2.07. The van der Waals surface area contributed by atoms with Gasteiger partial charge >= 0.3 is 0 Å². The van der Waals surface area contributed by atoms with Gasteiger partial charge in [-0.1, -0.05) is 28.1 Å². The third-order valence-electron chi connectivity index (χ3n) is 2.79. The first-order valence-electron chi connectivity index (χ1n) is 5.50. The molecule has 0 heterocycles. The highest BCUT2D eigenvalue weighted by atomic mass is 79.9. The second-order valence-corrected chi connectivity index (χ2v) is 4.83. The summed E-state index contributed by atoms with van der Waals surface area (Å²) in [5.74, 6) is -0.259. The van der Waals surface area contributed by atoms with Gasteiger partial charge in [-0.25, -0.2) is 4.39 Å². The summed E-state index contributed by atoms with van der Waals surface area (Å²) >= 11 is 3.40. The Bertz CT molecular complexity index is 559. The van der Waals surface area contributed by atoms with Gasteiger partial charge < -0.3 is 10.0 Å². The summed E-state index contributed by atoms with van der Waals surface area (Å²) in [5, 5.41) is 9.11. The van der Waals surface area contributed by atoms with Crippen LogP contribution in [0.3, 0.4) is 0 Å². The Balaban J connectivity index is 2.34. The van der Waals surface area contributed by atoms with E-state index in [4.69, 9.17) is 5.11 Å². The third kappa shape index (κ3) is 2.71. The Kier molecular flexibility index (Phi) is 3.99. The molecule has 0 radical (unpaired) electrons. The number of aliphatic hydroxyl groups excluding tert-OH is 1. The zero-order valence-corrected chi connectivity index (χ0v) is 11.5. The van der Waals surface area contributed by atoms with E-state index in [9.17, 15) is 4.39 Å². The number of aliphatic hydroxyl groups is 1. The van der Waals surface area contributed by atoms with E-state index in [0.717, 1.165) is 21.4 Å². The Morgan fingerprint density at radius 2 is 1.89 bits per heavy atom. The summed E-state index contributed by atoms with van der Waals surface area (Å²) in [4.78, 5) is 1.88.